The number of likely N-dealkylation sites (tertiary alicyclic amines) is 1. The fourth-order valence-electron chi connectivity index (χ4n) is 3.28. The molecule has 2 atom stereocenters. The van der Waals surface area contributed by atoms with Crippen molar-refractivity contribution in [2.45, 2.75) is 44.6 Å². The second kappa shape index (κ2) is 15.8. The second-order valence-corrected chi connectivity index (χ2v) is 6.91. The first-order valence-electron chi connectivity index (χ1n) is 9.94. The van der Waals surface area contributed by atoms with Crippen LogP contribution in [-0.2, 0) is 22.7 Å². The van der Waals surface area contributed by atoms with Crippen molar-refractivity contribution in [2.75, 3.05) is 19.7 Å². The molecule has 1 aliphatic heterocycles. The topological polar surface area (TPSA) is 145 Å². The third-order valence-electron chi connectivity index (χ3n) is 4.48. The van der Waals surface area contributed by atoms with Gasteiger partial charge in [-0.3, -0.25) is 14.5 Å². The van der Waals surface area contributed by atoms with Gasteiger partial charge in [0.2, 0.25) is 0 Å². The van der Waals surface area contributed by atoms with E-state index in [1.807, 2.05) is 36.8 Å². The van der Waals surface area contributed by atoms with Crippen LogP contribution in [0, 0.1) is 0 Å². The Labute approximate surface area is 181 Å². The highest BCUT2D eigenvalue weighted by Gasteiger charge is 2.24. The van der Waals surface area contributed by atoms with E-state index in [1.54, 1.807) is 6.20 Å². The number of aromatic nitrogens is 2. The number of β-amino-alcohol motifs (C(OH)–C–C–N with tert-alkyl or cyclic N) is 2. The Morgan fingerprint density at radius 3 is 2.32 bits per heavy atom. The molecule has 0 spiro atoms. The SMILES string of the molecule is O=CO.O=CO.O[C@@H]1C[C@@H](O)CN(Cc2ccccc2OCCCCn2ccnc2)C1. The number of hydrogen-bond donors (Lipinski definition) is 4. The van der Waals surface area contributed by atoms with Gasteiger partial charge >= 0.3 is 0 Å². The van der Waals surface area contributed by atoms with E-state index < -0.39 is 12.2 Å². The summed E-state index contributed by atoms with van der Waals surface area (Å²) >= 11 is 0. The van der Waals surface area contributed by atoms with E-state index in [1.165, 1.54) is 0 Å². The minimum atomic E-state index is -0.458. The van der Waals surface area contributed by atoms with Crippen molar-refractivity contribution >= 4 is 12.9 Å². The lowest BCUT2D eigenvalue weighted by atomic mass is 10.0. The van der Waals surface area contributed by atoms with Gasteiger partial charge in [-0.25, -0.2) is 4.98 Å². The van der Waals surface area contributed by atoms with E-state index in [0.29, 0.717) is 32.7 Å². The Balaban J connectivity index is 0.000000720. The highest BCUT2D eigenvalue weighted by Crippen LogP contribution is 2.22. The molecule has 1 saturated heterocycles. The van der Waals surface area contributed by atoms with Crippen LogP contribution in [0.3, 0.4) is 0 Å². The third kappa shape index (κ3) is 11.1. The van der Waals surface area contributed by atoms with Gasteiger partial charge in [0.1, 0.15) is 5.75 Å². The molecule has 172 valence electrons. The highest BCUT2D eigenvalue weighted by molar-refractivity contribution is 5.33. The van der Waals surface area contributed by atoms with Crippen LogP contribution in [-0.4, -0.2) is 79.7 Å². The number of carbonyl (C=O) groups is 2. The van der Waals surface area contributed by atoms with Crippen LogP contribution in [0.25, 0.3) is 0 Å². The van der Waals surface area contributed by atoms with Crippen LogP contribution < -0.4 is 4.74 Å². The number of aryl methyl sites for hydroxylation is 1. The van der Waals surface area contributed by atoms with E-state index in [0.717, 1.165) is 30.7 Å². The lowest BCUT2D eigenvalue weighted by Gasteiger charge is -2.33. The molecule has 1 aromatic heterocycles. The second-order valence-electron chi connectivity index (χ2n) is 6.91. The first-order valence-corrected chi connectivity index (χ1v) is 9.94. The fourth-order valence-corrected chi connectivity index (χ4v) is 3.28. The molecule has 0 radical (unpaired) electrons. The lowest BCUT2D eigenvalue weighted by Crippen LogP contribution is -2.45. The number of benzene rings is 1. The zero-order valence-electron chi connectivity index (χ0n) is 17.4. The molecule has 0 aliphatic carbocycles. The summed E-state index contributed by atoms with van der Waals surface area (Å²) in [6.07, 6.45) is 7.17. The van der Waals surface area contributed by atoms with Crippen molar-refractivity contribution in [1.29, 1.82) is 0 Å². The summed E-state index contributed by atoms with van der Waals surface area (Å²) in [5, 5.41) is 33.5. The third-order valence-corrected chi connectivity index (χ3v) is 4.48. The number of rotatable bonds is 8. The van der Waals surface area contributed by atoms with Crippen LogP contribution in [0.5, 0.6) is 5.75 Å². The normalized spacial score (nSPS) is 18.0. The van der Waals surface area contributed by atoms with E-state index in [-0.39, 0.29) is 12.9 Å². The number of piperidine rings is 1. The average Bonchev–Trinajstić information content (AvgIpc) is 3.23. The summed E-state index contributed by atoms with van der Waals surface area (Å²) < 4.78 is 8.05. The first-order chi connectivity index (χ1) is 15.0. The molecule has 1 aliphatic rings. The van der Waals surface area contributed by atoms with Gasteiger partial charge < -0.3 is 29.7 Å². The molecule has 3 rings (SSSR count). The summed E-state index contributed by atoms with van der Waals surface area (Å²) in [4.78, 5) is 22.8. The smallest absolute Gasteiger partial charge is 0.290 e. The maximum atomic E-state index is 9.84. The maximum absolute atomic E-state index is 9.84. The molecule has 0 unspecified atom stereocenters. The molecule has 2 aromatic rings. The number of aliphatic hydroxyl groups is 2. The standard InChI is InChI=1S/C19H27N3O3.2CH2O2/c23-17-11-18(24)14-22(13-17)12-16-5-1-2-6-19(16)25-10-4-3-8-21-9-7-20-15-21;2*2-1-3/h1-2,5-7,9,15,17-18,23-24H,3-4,8,10-14H2;2*1H,(H,2,3)/t17-,18-;;/m1../s1. The van der Waals surface area contributed by atoms with Gasteiger partial charge in [-0.2, -0.15) is 0 Å². The molecule has 0 saturated carbocycles. The molecule has 4 N–H and O–H groups in total. The van der Waals surface area contributed by atoms with Crippen LogP contribution in [0.2, 0.25) is 0 Å². The van der Waals surface area contributed by atoms with Crippen molar-refractivity contribution in [3.05, 3.63) is 48.5 Å². The molecular formula is C21H31N3O7. The number of para-hydroxylation sites is 1. The number of hydrogen-bond acceptors (Lipinski definition) is 7. The van der Waals surface area contributed by atoms with Gasteiger partial charge in [0.25, 0.3) is 12.9 Å². The van der Waals surface area contributed by atoms with Crippen LogP contribution in [0.4, 0.5) is 0 Å². The van der Waals surface area contributed by atoms with Gasteiger partial charge in [0, 0.05) is 50.6 Å². The van der Waals surface area contributed by atoms with Crippen molar-refractivity contribution in [1.82, 2.24) is 14.5 Å². The summed E-state index contributed by atoms with van der Waals surface area (Å²) in [6, 6.07) is 8.01. The average molecular weight is 437 g/mol. The monoisotopic (exact) mass is 437 g/mol. The van der Waals surface area contributed by atoms with Crippen LogP contribution in [0.1, 0.15) is 24.8 Å². The summed E-state index contributed by atoms with van der Waals surface area (Å²) in [5.74, 6) is 0.889. The van der Waals surface area contributed by atoms with E-state index in [9.17, 15) is 10.2 Å². The van der Waals surface area contributed by atoms with Crippen molar-refractivity contribution in [3.63, 3.8) is 0 Å². The van der Waals surface area contributed by atoms with Gasteiger partial charge in [0.15, 0.2) is 0 Å². The van der Waals surface area contributed by atoms with Gasteiger partial charge in [-0.05, 0) is 18.9 Å². The van der Waals surface area contributed by atoms with Crippen molar-refractivity contribution in [2.24, 2.45) is 0 Å². The van der Waals surface area contributed by atoms with Crippen molar-refractivity contribution < 1.29 is 34.8 Å². The minimum absolute atomic E-state index is 0.250. The molecule has 1 fully saturated rings. The molecule has 0 amide bonds. The van der Waals surface area contributed by atoms with E-state index in [2.05, 4.69) is 14.5 Å². The maximum Gasteiger partial charge on any atom is 0.290 e. The summed E-state index contributed by atoms with van der Waals surface area (Å²) in [7, 11) is 0. The molecule has 31 heavy (non-hydrogen) atoms. The number of carboxylic acid groups (broad SMARTS) is 2. The van der Waals surface area contributed by atoms with Crippen molar-refractivity contribution in [3.8, 4) is 5.75 Å². The molecule has 0 bridgehead atoms. The molecular weight excluding hydrogens is 406 g/mol. The molecule has 1 aromatic carbocycles. The van der Waals surface area contributed by atoms with Gasteiger partial charge in [0.05, 0.1) is 25.1 Å². The Bertz CT molecular complexity index is 712. The molecule has 10 nitrogen and oxygen atoms in total. The minimum Gasteiger partial charge on any atom is -0.493 e. The number of nitrogens with zero attached hydrogens (tertiary/aromatic N) is 3. The largest absolute Gasteiger partial charge is 0.493 e. The predicted octanol–water partition coefficient (Wildman–Crippen LogP) is 1.07. The number of imidazole rings is 1. The molecule has 10 heteroatoms. The fraction of sp³-hybridized carbons (Fsp3) is 0.476. The van der Waals surface area contributed by atoms with Gasteiger partial charge in [-0.15, -0.1) is 0 Å². The number of unbranched alkanes of at least 4 members (excludes halogenated alkanes) is 1. The predicted molar refractivity (Wildman–Crippen MR) is 113 cm³/mol. The zero-order chi connectivity index (χ0) is 22.9. The van der Waals surface area contributed by atoms with E-state index in [4.69, 9.17) is 24.5 Å². The lowest BCUT2D eigenvalue weighted by molar-refractivity contribution is -0.123. The molecule has 2 heterocycles. The Morgan fingerprint density at radius 1 is 1.06 bits per heavy atom. The number of ether oxygens (including phenoxy) is 1. The van der Waals surface area contributed by atoms with Crippen LogP contribution in [0.15, 0.2) is 43.0 Å². The Morgan fingerprint density at radius 2 is 1.71 bits per heavy atom. The summed E-state index contributed by atoms with van der Waals surface area (Å²) in [6.45, 7) is 3.00. The first kappa shape index (κ1) is 26.1. The number of aliphatic hydroxyl groups excluding tert-OH is 2. The summed E-state index contributed by atoms with van der Waals surface area (Å²) in [5.41, 5.74) is 1.10. The van der Waals surface area contributed by atoms with E-state index >= 15 is 0 Å². The Kier molecular flexibility index (Phi) is 13.3. The quantitative estimate of drug-likeness (QED) is 0.352. The van der Waals surface area contributed by atoms with Crippen LogP contribution >= 0.6 is 0 Å². The van der Waals surface area contributed by atoms with Gasteiger partial charge in [-0.1, -0.05) is 18.2 Å². The zero-order valence-corrected chi connectivity index (χ0v) is 17.4. The Hall–Kier alpha value is -2.95. The highest BCUT2D eigenvalue weighted by atomic mass is 16.5.